The van der Waals surface area contributed by atoms with Gasteiger partial charge >= 0.3 is 5.97 Å². The molecule has 1 N–H and O–H groups in total. The van der Waals surface area contributed by atoms with Gasteiger partial charge in [0.15, 0.2) is 0 Å². The molecule has 6 rings (SSSR count). The Bertz CT molecular complexity index is 1130. The third-order valence-corrected chi connectivity index (χ3v) is 14.1. The molecule has 0 heterocycles. The number of methoxy groups -OCH3 is 1. The van der Waals surface area contributed by atoms with Crippen LogP contribution in [0, 0.1) is 50.7 Å². The summed E-state index contributed by atoms with van der Waals surface area (Å²) < 4.78 is 4.92. The van der Waals surface area contributed by atoms with Crippen LogP contribution in [0.15, 0.2) is 30.3 Å². The van der Waals surface area contributed by atoms with E-state index in [0.717, 1.165) is 24.2 Å². The average Bonchev–Trinajstić information content (AvgIpc) is 3.33. The molecule has 4 fully saturated rings. The molecule has 0 bridgehead atoms. The third-order valence-electron chi connectivity index (χ3n) is 14.1. The molecule has 0 spiro atoms. The van der Waals surface area contributed by atoms with Gasteiger partial charge in [0, 0.05) is 6.61 Å². The molecule has 0 amide bonds. The van der Waals surface area contributed by atoms with Crippen LogP contribution in [0.25, 0.3) is 5.57 Å². The molecule has 3 heteroatoms. The first-order chi connectivity index (χ1) is 18.0. The first kappa shape index (κ1) is 26.6. The molecule has 1 aromatic carbocycles. The fraction of sp³-hybridized carbons (Fsp3) is 0.743. The van der Waals surface area contributed by atoms with Crippen molar-refractivity contribution < 1.29 is 14.6 Å². The van der Waals surface area contributed by atoms with E-state index in [2.05, 4.69) is 52.8 Å². The predicted octanol–water partition coefficient (Wildman–Crippen LogP) is 8.31. The van der Waals surface area contributed by atoms with Gasteiger partial charge < -0.3 is 9.84 Å². The summed E-state index contributed by atoms with van der Waals surface area (Å²) in [4.78, 5) is 12.0. The van der Waals surface area contributed by atoms with Crippen LogP contribution >= 0.6 is 0 Å². The van der Waals surface area contributed by atoms with Gasteiger partial charge in [0.1, 0.15) is 0 Å². The molecule has 4 saturated carbocycles. The maximum Gasteiger partial charge on any atom is 0.337 e. The van der Waals surface area contributed by atoms with Crippen molar-refractivity contribution in [2.24, 2.45) is 50.7 Å². The minimum atomic E-state index is -0.270. The molecule has 8 atom stereocenters. The van der Waals surface area contributed by atoms with Crippen LogP contribution < -0.4 is 0 Å². The van der Waals surface area contributed by atoms with Crippen LogP contribution in [0.3, 0.4) is 0 Å². The summed E-state index contributed by atoms with van der Waals surface area (Å²) in [5.41, 5.74) is 4.70. The average molecular weight is 519 g/mol. The fourth-order valence-corrected chi connectivity index (χ4v) is 12.0. The molecule has 5 aliphatic rings. The molecule has 0 radical (unpaired) electrons. The number of allylic oxidation sites excluding steroid dienone is 2. The quantitative estimate of drug-likeness (QED) is 0.409. The largest absolute Gasteiger partial charge is 0.465 e. The number of aliphatic hydroxyl groups excluding tert-OH is 1. The Morgan fingerprint density at radius 2 is 1.61 bits per heavy atom. The van der Waals surface area contributed by atoms with E-state index in [9.17, 15) is 9.90 Å². The Morgan fingerprint density at radius 3 is 2.29 bits per heavy atom. The summed E-state index contributed by atoms with van der Waals surface area (Å²) >= 11 is 0. The second kappa shape index (κ2) is 8.69. The molecule has 208 valence electrons. The van der Waals surface area contributed by atoms with Gasteiger partial charge in [0.05, 0.1) is 12.7 Å². The number of esters is 1. The lowest BCUT2D eigenvalue weighted by atomic mass is 9.33. The minimum Gasteiger partial charge on any atom is -0.465 e. The van der Waals surface area contributed by atoms with E-state index in [1.165, 1.54) is 76.0 Å². The zero-order valence-corrected chi connectivity index (χ0v) is 24.7. The van der Waals surface area contributed by atoms with E-state index < -0.39 is 0 Å². The van der Waals surface area contributed by atoms with Crippen molar-refractivity contribution in [1.29, 1.82) is 0 Å². The Balaban J connectivity index is 1.33. The second-order valence-corrected chi connectivity index (χ2v) is 15.3. The number of ether oxygens (including phenoxy) is 1. The second-order valence-electron chi connectivity index (χ2n) is 15.3. The van der Waals surface area contributed by atoms with Crippen molar-refractivity contribution in [2.75, 3.05) is 13.7 Å². The maximum absolute atomic E-state index is 12.0. The first-order valence-electron chi connectivity index (χ1n) is 15.5. The molecular formula is C35H50O3. The van der Waals surface area contributed by atoms with Gasteiger partial charge in [-0.2, -0.15) is 0 Å². The molecule has 3 nitrogen and oxygen atoms in total. The molecule has 0 saturated heterocycles. The van der Waals surface area contributed by atoms with Crippen molar-refractivity contribution in [3.05, 3.63) is 41.5 Å². The van der Waals surface area contributed by atoms with E-state index in [0.29, 0.717) is 34.3 Å². The summed E-state index contributed by atoms with van der Waals surface area (Å²) in [6.07, 6.45) is 15.5. The van der Waals surface area contributed by atoms with Gasteiger partial charge in [-0.15, -0.1) is 0 Å². The number of hydrogen-bond donors (Lipinski definition) is 1. The Hall–Kier alpha value is -1.61. The van der Waals surface area contributed by atoms with Crippen LogP contribution in [0.2, 0.25) is 0 Å². The van der Waals surface area contributed by atoms with Gasteiger partial charge in [-0.25, -0.2) is 4.79 Å². The normalized spacial score (nSPS) is 45.2. The van der Waals surface area contributed by atoms with E-state index >= 15 is 0 Å². The number of benzene rings is 1. The van der Waals surface area contributed by atoms with Crippen LogP contribution in [0.4, 0.5) is 0 Å². The summed E-state index contributed by atoms with van der Waals surface area (Å²) in [6.45, 7) is 13.4. The van der Waals surface area contributed by atoms with E-state index in [1.54, 1.807) is 0 Å². The highest BCUT2D eigenvalue weighted by Gasteiger charge is 2.69. The van der Waals surface area contributed by atoms with Gasteiger partial charge in [-0.3, -0.25) is 0 Å². The molecule has 7 unspecified atom stereocenters. The van der Waals surface area contributed by atoms with Crippen LogP contribution in [-0.4, -0.2) is 24.8 Å². The highest BCUT2D eigenvalue weighted by atomic mass is 16.5. The first-order valence-corrected chi connectivity index (χ1v) is 15.5. The molecule has 0 aromatic heterocycles. The Kier molecular flexibility index (Phi) is 6.09. The van der Waals surface area contributed by atoms with Gasteiger partial charge in [-0.1, -0.05) is 59.2 Å². The molecule has 38 heavy (non-hydrogen) atoms. The summed E-state index contributed by atoms with van der Waals surface area (Å²) in [6, 6.07) is 8.09. The summed E-state index contributed by atoms with van der Waals surface area (Å²) in [7, 11) is 1.44. The zero-order chi connectivity index (χ0) is 27.1. The standard InChI is InChI=1S/C35H50O3/c1-31(2)25(23-9-11-24(12-10-23)30(37)38-6)15-18-32(3)28(31)16-19-34(5)29(32)14-13-26-27-8-7-17-35(27,22-36)21-20-33(26,34)4/h9-12,15,26-29,36H,7-8,13-14,16-22H2,1-6H3/t26?,27?,28?,29?,32?,33-,34?,35?/m1/s1. The monoisotopic (exact) mass is 518 g/mol. The minimum absolute atomic E-state index is 0.0862. The lowest BCUT2D eigenvalue weighted by Gasteiger charge is -2.72. The lowest BCUT2D eigenvalue weighted by Crippen LogP contribution is -2.65. The zero-order valence-electron chi connectivity index (χ0n) is 24.7. The SMILES string of the molecule is COC(=O)c1ccc(C2=CCC3(C)C(CCC4(C)C3CCC3C5CCCC5(CO)CC[C@]34C)C2(C)C)cc1. The number of fused-ring (bicyclic) bond motifs is 7. The Labute approximate surface area is 230 Å². The molecule has 0 aliphatic heterocycles. The highest BCUT2D eigenvalue weighted by Crippen LogP contribution is 2.77. The highest BCUT2D eigenvalue weighted by molar-refractivity contribution is 5.89. The van der Waals surface area contributed by atoms with Gasteiger partial charge in [0.2, 0.25) is 0 Å². The van der Waals surface area contributed by atoms with E-state index in [4.69, 9.17) is 4.74 Å². The number of hydrogen-bond acceptors (Lipinski definition) is 3. The van der Waals surface area contributed by atoms with Crippen molar-refractivity contribution in [3.8, 4) is 0 Å². The smallest absolute Gasteiger partial charge is 0.337 e. The Morgan fingerprint density at radius 1 is 0.868 bits per heavy atom. The van der Waals surface area contributed by atoms with Gasteiger partial charge in [0.25, 0.3) is 0 Å². The predicted molar refractivity (Wildman–Crippen MR) is 154 cm³/mol. The van der Waals surface area contributed by atoms with Crippen molar-refractivity contribution in [1.82, 2.24) is 0 Å². The summed E-state index contributed by atoms with van der Waals surface area (Å²) in [5, 5.41) is 10.5. The third kappa shape index (κ3) is 3.32. The lowest BCUT2D eigenvalue weighted by molar-refractivity contribution is -0.225. The number of carbonyl (C=O) groups is 1. The van der Waals surface area contributed by atoms with Crippen molar-refractivity contribution in [2.45, 2.75) is 98.8 Å². The van der Waals surface area contributed by atoms with Gasteiger partial charge in [-0.05, 0) is 132 Å². The number of rotatable bonds is 3. The number of carbonyl (C=O) groups excluding carboxylic acids is 1. The molecule has 1 aromatic rings. The van der Waals surface area contributed by atoms with Crippen molar-refractivity contribution >= 4 is 11.5 Å². The molecular weight excluding hydrogens is 468 g/mol. The van der Waals surface area contributed by atoms with Crippen LogP contribution in [-0.2, 0) is 4.74 Å². The van der Waals surface area contributed by atoms with Crippen LogP contribution in [0.1, 0.15) is 115 Å². The maximum atomic E-state index is 12.0. The fourth-order valence-electron chi connectivity index (χ4n) is 12.0. The van der Waals surface area contributed by atoms with E-state index in [1.807, 2.05) is 12.1 Å². The molecule has 5 aliphatic carbocycles. The van der Waals surface area contributed by atoms with Crippen LogP contribution in [0.5, 0.6) is 0 Å². The topological polar surface area (TPSA) is 46.5 Å². The summed E-state index contributed by atoms with van der Waals surface area (Å²) in [5.74, 6) is 2.64. The number of aliphatic hydroxyl groups is 1. The van der Waals surface area contributed by atoms with Crippen molar-refractivity contribution in [3.63, 3.8) is 0 Å². The van der Waals surface area contributed by atoms with E-state index in [-0.39, 0.29) is 16.8 Å².